The van der Waals surface area contributed by atoms with E-state index in [0.29, 0.717) is 22.5 Å². The van der Waals surface area contributed by atoms with Gasteiger partial charge in [-0.15, -0.1) is 11.3 Å². The third kappa shape index (κ3) is 4.84. The van der Waals surface area contributed by atoms with Gasteiger partial charge < -0.3 is 4.74 Å². The van der Waals surface area contributed by atoms with Crippen LogP contribution in [-0.4, -0.2) is 23.8 Å². The van der Waals surface area contributed by atoms with Gasteiger partial charge in [0.2, 0.25) is 5.13 Å². The molecule has 2 aromatic rings. The number of anilines is 1. The van der Waals surface area contributed by atoms with Crippen LogP contribution in [0.1, 0.15) is 18.2 Å². The highest BCUT2D eigenvalue weighted by Gasteiger charge is 2.07. The molecule has 0 fully saturated rings. The maximum atomic E-state index is 11.3. The standard InChI is InChI=1S/C14H14ClN3O2S/c1-2-20-13(19)7-11-9-21-14(17-11)18-16-8-10-5-3-4-6-12(10)15/h3-6,8-9H,2,7H2,1H3,(H,17,18). The number of hydrogen-bond acceptors (Lipinski definition) is 6. The lowest BCUT2D eigenvalue weighted by molar-refractivity contribution is -0.142. The molecule has 0 radical (unpaired) electrons. The first-order chi connectivity index (χ1) is 10.2. The summed E-state index contributed by atoms with van der Waals surface area (Å²) in [7, 11) is 0. The Kier molecular flexibility index (Phi) is 5.71. The number of benzene rings is 1. The van der Waals surface area contributed by atoms with Gasteiger partial charge in [0.15, 0.2) is 0 Å². The Balaban J connectivity index is 1.91. The van der Waals surface area contributed by atoms with E-state index in [0.717, 1.165) is 5.56 Å². The van der Waals surface area contributed by atoms with Gasteiger partial charge in [0, 0.05) is 16.0 Å². The Labute approximate surface area is 131 Å². The van der Waals surface area contributed by atoms with E-state index in [1.807, 2.05) is 18.2 Å². The molecule has 0 saturated carbocycles. The topological polar surface area (TPSA) is 63.6 Å². The minimum Gasteiger partial charge on any atom is -0.466 e. The van der Waals surface area contributed by atoms with Gasteiger partial charge in [0.05, 0.1) is 24.9 Å². The van der Waals surface area contributed by atoms with Crippen molar-refractivity contribution in [3.8, 4) is 0 Å². The highest BCUT2D eigenvalue weighted by atomic mass is 35.5. The van der Waals surface area contributed by atoms with E-state index in [4.69, 9.17) is 16.3 Å². The van der Waals surface area contributed by atoms with E-state index in [9.17, 15) is 4.79 Å². The Hall–Kier alpha value is -1.92. The molecule has 21 heavy (non-hydrogen) atoms. The minimum atomic E-state index is -0.283. The number of carbonyl (C=O) groups is 1. The molecule has 0 bridgehead atoms. The van der Waals surface area contributed by atoms with Gasteiger partial charge in [-0.05, 0) is 13.0 Å². The molecule has 1 aromatic carbocycles. The van der Waals surface area contributed by atoms with Crippen molar-refractivity contribution < 1.29 is 9.53 Å². The SMILES string of the molecule is CCOC(=O)Cc1csc(NN=Cc2ccccc2Cl)n1. The van der Waals surface area contributed by atoms with Crippen molar-refractivity contribution in [2.24, 2.45) is 5.10 Å². The van der Waals surface area contributed by atoms with Crippen molar-refractivity contribution >= 4 is 40.3 Å². The zero-order valence-corrected chi connectivity index (χ0v) is 12.9. The first kappa shape index (κ1) is 15.5. The third-order valence-corrected chi connectivity index (χ3v) is 3.59. The number of esters is 1. The van der Waals surface area contributed by atoms with Crippen LogP contribution < -0.4 is 5.43 Å². The van der Waals surface area contributed by atoms with Gasteiger partial charge in [-0.3, -0.25) is 10.2 Å². The molecule has 0 aliphatic heterocycles. The third-order valence-electron chi connectivity index (χ3n) is 2.45. The number of nitrogens with one attached hydrogen (secondary N) is 1. The summed E-state index contributed by atoms with van der Waals surface area (Å²) in [5, 5.41) is 7.11. The number of ether oxygens (including phenoxy) is 1. The van der Waals surface area contributed by atoms with Crippen molar-refractivity contribution in [2.75, 3.05) is 12.0 Å². The summed E-state index contributed by atoms with van der Waals surface area (Å²) >= 11 is 7.39. The van der Waals surface area contributed by atoms with Crippen LogP contribution in [0.2, 0.25) is 5.02 Å². The van der Waals surface area contributed by atoms with E-state index in [-0.39, 0.29) is 12.4 Å². The summed E-state index contributed by atoms with van der Waals surface area (Å²) in [6, 6.07) is 7.40. The molecule has 0 saturated heterocycles. The molecule has 1 N–H and O–H groups in total. The molecule has 0 aliphatic rings. The fraction of sp³-hybridized carbons (Fsp3) is 0.214. The highest BCUT2D eigenvalue weighted by molar-refractivity contribution is 7.13. The normalized spacial score (nSPS) is 10.8. The molecule has 0 amide bonds. The smallest absolute Gasteiger partial charge is 0.311 e. The summed E-state index contributed by atoms with van der Waals surface area (Å²) in [4.78, 5) is 15.6. The Morgan fingerprint density at radius 1 is 1.52 bits per heavy atom. The van der Waals surface area contributed by atoms with Gasteiger partial charge in [0.1, 0.15) is 0 Å². The zero-order chi connectivity index (χ0) is 15.1. The van der Waals surface area contributed by atoms with Gasteiger partial charge in [-0.25, -0.2) is 4.98 Å². The van der Waals surface area contributed by atoms with Crippen molar-refractivity contribution in [3.63, 3.8) is 0 Å². The van der Waals surface area contributed by atoms with Crippen molar-refractivity contribution in [2.45, 2.75) is 13.3 Å². The second-order valence-corrected chi connectivity index (χ2v) is 5.28. The van der Waals surface area contributed by atoms with Crippen LogP contribution in [0.15, 0.2) is 34.7 Å². The number of aromatic nitrogens is 1. The van der Waals surface area contributed by atoms with E-state index >= 15 is 0 Å². The van der Waals surface area contributed by atoms with Crippen molar-refractivity contribution in [1.29, 1.82) is 0 Å². The number of hydrazone groups is 1. The molecule has 5 nitrogen and oxygen atoms in total. The first-order valence-electron chi connectivity index (χ1n) is 6.32. The summed E-state index contributed by atoms with van der Waals surface area (Å²) in [5.74, 6) is -0.283. The monoisotopic (exact) mass is 323 g/mol. The number of nitrogens with zero attached hydrogens (tertiary/aromatic N) is 2. The lowest BCUT2D eigenvalue weighted by Crippen LogP contribution is -2.07. The van der Waals surface area contributed by atoms with Crippen molar-refractivity contribution in [1.82, 2.24) is 4.98 Å². The molecule has 7 heteroatoms. The van der Waals surface area contributed by atoms with Crippen LogP contribution in [0, 0.1) is 0 Å². The van der Waals surface area contributed by atoms with E-state index in [2.05, 4.69) is 15.5 Å². The largest absolute Gasteiger partial charge is 0.466 e. The lowest BCUT2D eigenvalue weighted by Gasteiger charge is -1.98. The van der Waals surface area contributed by atoms with Gasteiger partial charge in [0.25, 0.3) is 0 Å². The Morgan fingerprint density at radius 2 is 2.33 bits per heavy atom. The molecule has 1 aromatic heterocycles. The number of hydrogen-bond donors (Lipinski definition) is 1. The van der Waals surface area contributed by atoms with Crippen LogP contribution >= 0.6 is 22.9 Å². The van der Waals surface area contributed by atoms with Gasteiger partial charge in [-0.1, -0.05) is 29.8 Å². The van der Waals surface area contributed by atoms with E-state index in [1.54, 1.807) is 24.6 Å². The number of thiazole rings is 1. The maximum absolute atomic E-state index is 11.3. The predicted molar refractivity (Wildman–Crippen MR) is 85.1 cm³/mol. The fourth-order valence-corrected chi connectivity index (χ4v) is 2.38. The molecular formula is C14H14ClN3O2S. The van der Waals surface area contributed by atoms with Crippen LogP contribution in [0.4, 0.5) is 5.13 Å². The summed E-state index contributed by atoms with van der Waals surface area (Å²) in [6.07, 6.45) is 1.79. The van der Waals surface area contributed by atoms with Crippen LogP contribution in [0.3, 0.4) is 0 Å². The van der Waals surface area contributed by atoms with E-state index < -0.39 is 0 Å². The van der Waals surface area contributed by atoms with Gasteiger partial charge in [-0.2, -0.15) is 5.10 Å². The number of carbonyl (C=O) groups excluding carboxylic acids is 1. The zero-order valence-electron chi connectivity index (χ0n) is 11.4. The lowest BCUT2D eigenvalue weighted by atomic mass is 10.2. The number of halogens is 1. The highest BCUT2D eigenvalue weighted by Crippen LogP contribution is 2.16. The summed E-state index contributed by atoms with van der Waals surface area (Å²) in [6.45, 7) is 2.14. The minimum absolute atomic E-state index is 0.167. The van der Waals surface area contributed by atoms with Crippen LogP contribution in [0.5, 0.6) is 0 Å². The summed E-state index contributed by atoms with van der Waals surface area (Å²) < 4.78 is 4.87. The predicted octanol–water partition coefficient (Wildman–Crippen LogP) is 3.35. The molecule has 0 atom stereocenters. The Bertz CT molecular complexity index is 643. The molecule has 2 rings (SSSR count). The first-order valence-corrected chi connectivity index (χ1v) is 7.58. The fourth-order valence-electron chi connectivity index (χ4n) is 1.54. The van der Waals surface area contributed by atoms with Crippen LogP contribution in [0.25, 0.3) is 0 Å². The number of rotatable bonds is 6. The molecule has 0 spiro atoms. The molecule has 0 unspecified atom stereocenters. The quantitative estimate of drug-likeness (QED) is 0.503. The molecule has 110 valence electrons. The van der Waals surface area contributed by atoms with Gasteiger partial charge >= 0.3 is 5.97 Å². The molecule has 1 heterocycles. The maximum Gasteiger partial charge on any atom is 0.311 e. The summed E-state index contributed by atoms with van der Waals surface area (Å²) in [5.41, 5.74) is 4.29. The molecule has 0 aliphatic carbocycles. The van der Waals surface area contributed by atoms with Crippen LogP contribution in [-0.2, 0) is 16.0 Å². The second-order valence-electron chi connectivity index (χ2n) is 4.02. The Morgan fingerprint density at radius 3 is 3.10 bits per heavy atom. The van der Waals surface area contributed by atoms with E-state index in [1.165, 1.54) is 11.3 Å². The average molecular weight is 324 g/mol. The second kappa shape index (κ2) is 7.75. The van der Waals surface area contributed by atoms with Crippen molar-refractivity contribution in [3.05, 3.63) is 45.9 Å². The average Bonchev–Trinajstić information content (AvgIpc) is 2.88. The molecular weight excluding hydrogens is 310 g/mol.